The average molecular weight is 630 g/mol. The molecule has 0 amide bonds. The van der Waals surface area contributed by atoms with Crippen molar-refractivity contribution < 1.29 is 0 Å². The number of nitrogens with one attached hydrogen (secondary N) is 2. The third kappa shape index (κ3) is 5.46. The van der Waals surface area contributed by atoms with Crippen LogP contribution >= 0.6 is 0 Å². The lowest BCUT2D eigenvalue weighted by Gasteiger charge is -2.34. The summed E-state index contributed by atoms with van der Waals surface area (Å²) in [6, 6.07) is 65.7. The molecule has 7 aromatic carbocycles. The Balaban J connectivity index is 1.32. The highest BCUT2D eigenvalue weighted by molar-refractivity contribution is 6.13. The van der Waals surface area contributed by atoms with Crippen LogP contribution in [0.2, 0.25) is 0 Å². The molecule has 2 N–H and O–H groups in total. The van der Waals surface area contributed by atoms with E-state index in [2.05, 4.69) is 139 Å². The first kappa shape index (κ1) is 30.0. The van der Waals surface area contributed by atoms with Gasteiger partial charge in [-0.3, -0.25) is 5.41 Å². The van der Waals surface area contributed by atoms with E-state index in [0.29, 0.717) is 12.4 Å². The molecule has 8 rings (SSSR count). The van der Waals surface area contributed by atoms with Crippen LogP contribution < -0.4 is 5.32 Å². The van der Waals surface area contributed by atoms with Gasteiger partial charge in [0, 0.05) is 17.7 Å². The maximum Gasteiger partial charge on any atom is 0.154 e. The quantitative estimate of drug-likeness (QED) is 0.134. The fourth-order valence-electron chi connectivity index (χ4n) is 7.31. The summed E-state index contributed by atoms with van der Waals surface area (Å²) in [5.41, 5.74) is 11.7. The summed E-state index contributed by atoms with van der Waals surface area (Å²) in [7, 11) is 0. The summed E-state index contributed by atoms with van der Waals surface area (Å²) in [4.78, 5) is 5.07. The first-order valence-corrected chi connectivity index (χ1v) is 16.7. The Morgan fingerprint density at radius 2 is 1.04 bits per heavy atom. The molecule has 0 saturated heterocycles. The number of fused-ring (bicyclic) bond motifs is 3. The molecule has 0 unspecified atom stereocenters. The zero-order valence-electron chi connectivity index (χ0n) is 27.1. The zero-order chi connectivity index (χ0) is 33.0. The molecule has 0 spiro atoms. The van der Waals surface area contributed by atoms with Crippen LogP contribution in [0, 0.1) is 5.41 Å². The maximum absolute atomic E-state index is 9.36. The second-order valence-corrected chi connectivity index (χ2v) is 12.3. The maximum atomic E-state index is 9.36. The second kappa shape index (κ2) is 13.1. The van der Waals surface area contributed by atoms with Gasteiger partial charge in [0.2, 0.25) is 0 Å². The highest BCUT2D eigenvalue weighted by Gasteiger charge is 2.46. The lowest BCUT2D eigenvalue weighted by Crippen LogP contribution is -2.30. The van der Waals surface area contributed by atoms with E-state index in [0.717, 1.165) is 27.8 Å². The minimum Gasteiger partial charge on any atom is -0.365 e. The van der Waals surface area contributed by atoms with E-state index in [1.54, 1.807) is 0 Å². The van der Waals surface area contributed by atoms with Crippen LogP contribution in [0.5, 0.6) is 0 Å². The van der Waals surface area contributed by atoms with Crippen molar-refractivity contribution in [3.05, 3.63) is 227 Å². The highest BCUT2D eigenvalue weighted by Crippen LogP contribution is 2.56. The van der Waals surface area contributed by atoms with Crippen molar-refractivity contribution in [2.45, 2.75) is 12.0 Å². The van der Waals surface area contributed by atoms with Gasteiger partial charge in [-0.25, -0.2) is 4.99 Å². The lowest BCUT2D eigenvalue weighted by atomic mass is 9.67. The topological polar surface area (TPSA) is 48.2 Å². The smallest absolute Gasteiger partial charge is 0.154 e. The largest absolute Gasteiger partial charge is 0.365 e. The molecule has 3 heteroatoms. The van der Waals surface area contributed by atoms with E-state index in [-0.39, 0.29) is 5.84 Å². The molecular formula is C46H35N3. The predicted molar refractivity (Wildman–Crippen MR) is 202 cm³/mol. The molecule has 0 aromatic heterocycles. The van der Waals surface area contributed by atoms with Crippen LogP contribution in [0.4, 0.5) is 0 Å². The van der Waals surface area contributed by atoms with Gasteiger partial charge in [-0.15, -0.1) is 0 Å². The summed E-state index contributed by atoms with van der Waals surface area (Å²) in [6.45, 7) is 0.576. The van der Waals surface area contributed by atoms with Gasteiger partial charge < -0.3 is 5.32 Å². The number of rotatable bonds is 7. The molecule has 7 aromatic rings. The molecule has 0 heterocycles. The van der Waals surface area contributed by atoms with E-state index in [1.165, 1.54) is 33.4 Å². The number of nitrogens with zero attached hydrogens (tertiary/aromatic N) is 1. The summed E-state index contributed by atoms with van der Waals surface area (Å²) >= 11 is 0. The van der Waals surface area contributed by atoms with Crippen LogP contribution in [-0.2, 0) is 12.0 Å². The van der Waals surface area contributed by atoms with Gasteiger partial charge in [-0.2, -0.15) is 0 Å². The van der Waals surface area contributed by atoms with E-state index >= 15 is 0 Å². The van der Waals surface area contributed by atoms with Crippen LogP contribution in [-0.4, -0.2) is 11.7 Å². The summed E-state index contributed by atoms with van der Waals surface area (Å²) < 4.78 is 0. The first-order valence-electron chi connectivity index (χ1n) is 16.7. The van der Waals surface area contributed by atoms with Crippen molar-refractivity contribution >= 4 is 11.7 Å². The van der Waals surface area contributed by atoms with Crippen molar-refractivity contribution in [3.63, 3.8) is 0 Å². The molecule has 0 bridgehead atoms. The van der Waals surface area contributed by atoms with Gasteiger partial charge in [0.1, 0.15) is 5.84 Å². The van der Waals surface area contributed by atoms with Crippen molar-refractivity contribution in [2.75, 3.05) is 0 Å². The predicted octanol–water partition coefficient (Wildman–Crippen LogP) is 10.3. The summed E-state index contributed by atoms with van der Waals surface area (Å²) in [6.07, 6.45) is 0. The van der Waals surface area contributed by atoms with Gasteiger partial charge in [-0.05, 0) is 56.1 Å². The number of hydrogen-bond acceptors (Lipinski definition) is 1. The first-order chi connectivity index (χ1) is 24.2. The number of hydrogen-bond donors (Lipinski definition) is 2. The van der Waals surface area contributed by atoms with Crippen LogP contribution in [0.15, 0.2) is 193 Å². The second-order valence-electron chi connectivity index (χ2n) is 12.3. The Bertz CT molecular complexity index is 2240. The van der Waals surface area contributed by atoms with E-state index in [4.69, 9.17) is 4.99 Å². The third-order valence-electron chi connectivity index (χ3n) is 9.53. The fourth-order valence-corrected chi connectivity index (χ4v) is 7.31. The molecule has 0 radical (unpaired) electrons. The van der Waals surface area contributed by atoms with Gasteiger partial charge in [-0.1, -0.05) is 182 Å². The van der Waals surface area contributed by atoms with Crippen molar-refractivity contribution in [1.82, 2.24) is 5.32 Å². The third-order valence-corrected chi connectivity index (χ3v) is 9.53. The summed E-state index contributed by atoms with van der Waals surface area (Å²) in [5.74, 6) is 0.863. The zero-order valence-corrected chi connectivity index (χ0v) is 27.1. The molecule has 1 aliphatic carbocycles. The van der Waals surface area contributed by atoms with E-state index in [9.17, 15) is 5.41 Å². The average Bonchev–Trinajstić information content (AvgIpc) is 3.48. The molecule has 3 nitrogen and oxygen atoms in total. The van der Waals surface area contributed by atoms with Crippen LogP contribution in [0.1, 0.15) is 38.9 Å². The SMILES string of the molecule is N=C(/N=C(\NCc1ccccc1)c1ccc2c(c1)C(c1ccccc1)(c1ccccc1)c1ccccc1-2)c1ccccc1-c1ccccc1. The molecule has 0 atom stereocenters. The lowest BCUT2D eigenvalue weighted by molar-refractivity contribution is 0.768. The molecule has 1 aliphatic rings. The molecular weight excluding hydrogens is 595 g/mol. The van der Waals surface area contributed by atoms with Gasteiger partial charge in [0.25, 0.3) is 0 Å². The fraction of sp³-hybridized carbons (Fsp3) is 0.0435. The van der Waals surface area contributed by atoms with Crippen molar-refractivity contribution in [3.8, 4) is 22.3 Å². The minimum atomic E-state index is -0.525. The Morgan fingerprint density at radius 1 is 0.510 bits per heavy atom. The number of benzene rings is 7. The Hall–Kier alpha value is -6.32. The van der Waals surface area contributed by atoms with Crippen LogP contribution in [0.25, 0.3) is 22.3 Å². The molecule has 0 aliphatic heterocycles. The molecule has 49 heavy (non-hydrogen) atoms. The minimum absolute atomic E-state index is 0.205. The Morgan fingerprint density at radius 3 is 1.71 bits per heavy atom. The van der Waals surface area contributed by atoms with Gasteiger partial charge in [0.15, 0.2) is 5.84 Å². The van der Waals surface area contributed by atoms with Crippen LogP contribution in [0.3, 0.4) is 0 Å². The monoisotopic (exact) mass is 629 g/mol. The standard InChI is InChI=1S/C46H35N3/c47-44(41-27-14-13-25-38(41)34-19-7-2-8-20-34)49-45(48-32-33-17-5-1-6-18-33)35-29-30-40-39-26-15-16-28-42(39)46(43(40)31-35,36-21-9-3-10-22-36)37-23-11-4-12-24-37/h1-31H,32H2,(H2,47,48,49). The molecule has 0 saturated carbocycles. The van der Waals surface area contributed by atoms with Crippen molar-refractivity contribution in [1.29, 1.82) is 5.41 Å². The van der Waals surface area contributed by atoms with E-state index < -0.39 is 5.41 Å². The van der Waals surface area contributed by atoms with Gasteiger partial charge >= 0.3 is 0 Å². The van der Waals surface area contributed by atoms with Crippen molar-refractivity contribution in [2.24, 2.45) is 4.99 Å². The molecule has 0 fully saturated rings. The number of amidine groups is 2. The Kier molecular flexibility index (Phi) is 8.01. The molecule has 234 valence electrons. The summed E-state index contributed by atoms with van der Waals surface area (Å²) in [5, 5.41) is 13.0. The van der Waals surface area contributed by atoms with Gasteiger partial charge in [0.05, 0.1) is 5.41 Å². The number of aliphatic imine (C=N–C) groups is 1. The highest BCUT2D eigenvalue weighted by atomic mass is 15.0. The normalized spacial score (nSPS) is 12.9. The Labute approximate surface area is 287 Å². The van der Waals surface area contributed by atoms with E-state index in [1.807, 2.05) is 54.6 Å².